The monoisotopic (exact) mass is 377 g/mol. The molecule has 0 fully saturated rings. The summed E-state index contributed by atoms with van der Waals surface area (Å²) >= 11 is 18.3. The molecule has 122 valence electrons. The number of hydrogen-bond acceptors (Lipinski definition) is 2. The van der Waals surface area contributed by atoms with Crippen LogP contribution >= 0.6 is 34.8 Å². The molecule has 0 aromatic heterocycles. The molecule has 0 saturated heterocycles. The van der Waals surface area contributed by atoms with E-state index in [1.807, 2.05) is 24.3 Å². The number of ether oxygens (including phenoxy) is 1. The van der Waals surface area contributed by atoms with Crippen LogP contribution in [-0.4, -0.2) is 0 Å². The van der Waals surface area contributed by atoms with E-state index >= 15 is 0 Å². The molecule has 0 atom stereocenters. The standard InChI is InChI=1S/C19H14Cl3NO/c20-14-6-8-16(22)18(10-14)24-19-11-15(21)7-9-17(19)23-12-13-4-2-1-3-5-13/h1-11,23H,12H2. The van der Waals surface area contributed by atoms with E-state index in [9.17, 15) is 0 Å². The van der Waals surface area contributed by atoms with Crippen LogP contribution in [0.1, 0.15) is 5.56 Å². The molecular formula is C19H14Cl3NO. The van der Waals surface area contributed by atoms with Crippen molar-refractivity contribution in [3.05, 3.63) is 87.4 Å². The van der Waals surface area contributed by atoms with Gasteiger partial charge in [0.1, 0.15) is 5.75 Å². The second-order valence-corrected chi connectivity index (χ2v) is 6.44. The van der Waals surface area contributed by atoms with Crippen LogP contribution in [0.4, 0.5) is 5.69 Å². The highest BCUT2D eigenvalue weighted by molar-refractivity contribution is 6.34. The molecule has 1 N–H and O–H groups in total. The van der Waals surface area contributed by atoms with Gasteiger partial charge >= 0.3 is 0 Å². The van der Waals surface area contributed by atoms with Crippen molar-refractivity contribution in [2.45, 2.75) is 6.54 Å². The van der Waals surface area contributed by atoms with Gasteiger partial charge in [-0.1, -0.05) is 65.1 Å². The maximum absolute atomic E-state index is 6.17. The fourth-order valence-corrected chi connectivity index (χ4v) is 2.67. The Morgan fingerprint density at radius 3 is 2.17 bits per heavy atom. The Morgan fingerprint density at radius 2 is 1.42 bits per heavy atom. The van der Waals surface area contributed by atoms with Crippen molar-refractivity contribution in [1.82, 2.24) is 0 Å². The largest absolute Gasteiger partial charge is 0.454 e. The van der Waals surface area contributed by atoms with Gasteiger partial charge in [-0.25, -0.2) is 0 Å². The van der Waals surface area contributed by atoms with E-state index < -0.39 is 0 Å². The van der Waals surface area contributed by atoms with Gasteiger partial charge in [0.05, 0.1) is 10.7 Å². The zero-order valence-electron chi connectivity index (χ0n) is 12.6. The summed E-state index contributed by atoms with van der Waals surface area (Å²) in [5.74, 6) is 1.07. The summed E-state index contributed by atoms with van der Waals surface area (Å²) in [4.78, 5) is 0. The Morgan fingerprint density at radius 1 is 0.750 bits per heavy atom. The molecule has 3 aromatic carbocycles. The van der Waals surface area contributed by atoms with Crippen molar-refractivity contribution in [1.29, 1.82) is 0 Å². The number of anilines is 1. The Hall–Kier alpha value is -1.87. The van der Waals surface area contributed by atoms with Crippen LogP contribution in [-0.2, 0) is 6.54 Å². The fraction of sp³-hybridized carbons (Fsp3) is 0.0526. The van der Waals surface area contributed by atoms with Crippen LogP contribution in [0, 0.1) is 0 Å². The number of hydrogen-bond donors (Lipinski definition) is 1. The average molecular weight is 379 g/mol. The third kappa shape index (κ3) is 4.35. The molecule has 5 heteroatoms. The Kier molecular flexibility index (Phi) is 5.52. The van der Waals surface area contributed by atoms with Gasteiger partial charge < -0.3 is 10.1 Å². The zero-order chi connectivity index (χ0) is 16.9. The van der Waals surface area contributed by atoms with Gasteiger partial charge in [-0.2, -0.15) is 0 Å². The number of nitrogens with one attached hydrogen (secondary N) is 1. The second kappa shape index (κ2) is 7.80. The lowest BCUT2D eigenvalue weighted by Crippen LogP contribution is -2.01. The molecule has 0 aliphatic carbocycles. The van der Waals surface area contributed by atoms with Crippen molar-refractivity contribution < 1.29 is 4.74 Å². The highest BCUT2D eigenvalue weighted by atomic mass is 35.5. The molecule has 0 saturated carbocycles. The topological polar surface area (TPSA) is 21.3 Å². The minimum atomic E-state index is 0.480. The molecule has 0 aliphatic heterocycles. The van der Waals surface area contributed by atoms with Gasteiger partial charge in [-0.15, -0.1) is 0 Å². The molecule has 0 radical (unpaired) electrons. The summed E-state index contributed by atoms with van der Waals surface area (Å²) in [5, 5.41) is 4.96. The van der Waals surface area contributed by atoms with Crippen LogP contribution in [0.5, 0.6) is 11.5 Å². The Labute approximate surface area is 155 Å². The first-order valence-electron chi connectivity index (χ1n) is 7.32. The third-order valence-corrected chi connectivity index (χ3v) is 4.17. The summed E-state index contributed by atoms with van der Waals surface area (Å²) in [7, 11) is 0. The third-order valence-electron chi connectivity index (χ3n) is 3.38. The van der Waals surface area contributed by atoms with Crippen molar-refractivity contribution in [2.75, 3.05) is 5.32 Å². The normalized spacial score (nSPS) is 10.5. The van der Waals surface area contributed by atoms with Gasteiger partial charge in [-0.05, 0) is 29.8 Å². The molecule has 0 unspecified atom stereocenters. The fourth-order valence-electron chi connectivity index (χ4n) is 2.19. The molecule has 0 bridgehead atoms. The molecule has 0 aliphatic rings. The predicted octanol–water partition coefficient (Wildman–Crippen LogP) is 7.05. The van der Waals surface area contributed by atoms with E-state index in [1.54, 1.807) is 30.3 Å². The number of benzene rings is 3. The first-order valence-corrected chi connectivity index (χ1v) is 8.45. The van der Waals surface area contributed by atoms with Gasteiger partial charge in [-0.3, -0.25) is 0 Å². The minimum Gasteiger partial charge on any atom is -0.454 e. The quantitative estimate of drug-likeness (QED) is 0.513. The predicted molar refractivity (Wildman–Crippen MR) is 102 cm³/mol. The lowest BCUT2D eigenvalue weighted by atomic mass is 10.2. The molecular weight excluding hydrogens is 365 g/mol. The summed E-state index contributed by atoms with van der Waals surface area (Å²) in [6.45, 7) is 0.669. The second-order valence-electron chi connectivity index (χ2n) is 5.16. The maximum atomic E-state index is 6.17. The van der Waals surface area contributed by atoms with E-state index in [1.165, 1.54) is 5.56 Å². The summed E-state index contributed by atoms with van der Waals surface area (Å²) in [6, 6.07) is 20.6. The maximum Gasteiger partial charge on any atom is 0.152 e. The Balaban J connectivity index is 1.84. The van der Waals surface area contributed by atoms with Crippen LogP contribution in [0.15, 0.2) is 66.7 Å². The highest BCUT2D eigenvalue weighted by Crippen LogP contribution is 2.37. The number of halogens is 3. The lowest BCUT2D eigenvalue weighted by molar-refractivity contribution is 0.484. The van der Waals surface area contributed by atoms with E-state index in [0.717, 1.165) is 5.69 Å². The molecule has 0 heterocycles. The van der Waals surface area contributed by atoms with Crippen LogP contribution in [0.3, 0.4) is 0 Å². The van der Waals surface area contributed by atoms with Gasteiger partial charge in [0, 0.05) is 28.7 Å². The first kappa shape index (κ1) is 17.0. The average Bonchev–Trinajstić information content (AvgIpc) is 2.58. The van der Waals surface area contributed by atoms with Crippen molar-refractivity contribution in [3.63, 3.8) is 0 Å². The molecule has 0 spiro atoms. The van der Waals surface area contributed by atoms with E-state index in [-0.39, 0.29) is 0 Å². The zero-order valence-corrected chi connectivity index (χ0v) is 14.9. The number of rotatable bonds is 5. The van der Waals surface area contributed by atoms with E-state index in [0.29, 0.717) is 33.1 Å². The molecule has 24 heavy (non-hydrogen) atoms. The summed E-state index contributed by atoms with van der Waals surface area (Å²) in [5.41, 5.74) is 1.98. The Bertz CT molecular complexity index is 837. The lowest BCUT2D eigenvalue weighted by Gasteiger charge is -2.14. The molecule has 3 aromatic rings. The molecule has 3 rings (SSSR count). The van der Waals surface area contributed by atoms with Gasteiger partial charge in [0.15, 0.2) is 5.75 Å². The van der Waals surface area contributed by atoms with Crippen LogP contribution in [0.2, 0.25) is 15.1 Å². The van der Waals surface area contributed by atoms with E-state index in [4.69, 9.17) is 39.5 Å². The van der Waals surface area contributed by atoms with Crippen molar-refractivity contribution in [2.24, 2.45) is 0 Å². The first-order chi connectivity index (χ1) is 11.6. The van der Waals surface area contributed by atoms with Gasteiger partial charge in [0.25, 0.3) is 0 Å². The van der Waals surface area contributed by atoms with Crippen molar-refractivity contribution in [3.8, 4) is 11.5 Å². The van der Waals surface area contributed by atoms with Crippen molar-refractivity contribution >= 4 is 40.5 Å². The SMILES string of the molecule is Clc1ccc(Cl)c(Oc2cc(Cl)ccc2NCc2ccccc2)c1. The van der Waals surface area contributed by atoms with E-state index in [2.05, 4.69) is 17.4 Å². The minimum absolute atomic E-state index is 0.480. The van der Waals surface area contributed by atoms with Crippen LogP contribution in [0.25, 0.3) is 0 Å². The summed E-state index contributed by atoms with van der Waals surface area (Å²) in [6.07, 6.45) is 0. The summed E-state index contributed by atoms with van der Waals surface area (Å²) < 4.78 is 5.93. The molecule has 2 nitrogen and oxygen atoms in total. The highest BCUT2D eigenvalue weighted by Gasteiger charge is 2.09. The van der Waals surface area contributed by atoms with Crippen LogP contribution < -0.4 is 10.1 Å². The van der Waals surface area contributed by atoms with Gasteiger partial charge in [0.2, 0.25) is 0 Å². The molecule has 0 amide bonds. The smallest absolute Gasteiger partial charge is 0.152 e.